The van der Waals surface area contributed by atoms with Gasteiger partial charge in [0.25, 0.3) is 0 Å². The minimum Gasteiger partial charge on any atom is -0.488 e. The second kappa shape index (κ2) is 11.7. The number of aryl methyl sites for hydroxylation is 4. The molecular weight excluding hydrogens is 535 g/mol. The molecule has 0 atom stereocenters. The Bertz CT molecular complexity index is 1660. The molecule has 5 nitrogen and oxygen atoms in total. The van der Waals surface area contributed by atoms with Crippen LogP contribution in [0.4, 0.5) is 0 Å². The highest BCUT2D eigenvalue weighted by Crippen LogP contribution is 2.39. The van der Waals surface area contributed by atoms with Gasteiger partial charge in [-0.25, -0.2) is 4.79 Å². The normalized spacial score (nSPS) is 15.4. The number of hydrogen-bond acceptors (Lipinski definition) is 5. The molecular formula is C37H41BO5. The molecule has 0 N–H and O–H groups in total. The fourth-order valence-corrected chi connectivity index (χ4v) is 5.59. The molecule has 1 aliphatic heterocycles. The van der Waals surface area contributed by atoms with E-state index in [4.69, 9.17) is 18.8 Å². The first-order chi connectivity index (χ1) is 20.3. The van der Waals surface area contributed by atoms with Gasteiger partial charge in [-0.2, -0.15) is 0 Å². The van der Waals surface area contributed by atoms with Crippen molar-refractivity contribution in [1.29, 1.82) is 0 Å². The summed E-state index contributed by atoms with van der Waals surface area (Å²) >= 11 is 0. The van der Waals surface area contributed by atoms with Gasteiger partial charge in [-0.05, 0) is 117 Å². The van der Waals surface area contributed by atoms with Crippen molar-refractivity contribution in [2.24, 2.45) is 0 Å². The summed E-state index contributed by atoms with van der Waals surface area (Å²) in [6.07, 6.45) is 0. The van der Waals surface area contributed by atoms with Crippen molar-refractivity contribution >= 4 is 18.6 Å². The SMILES string of the molecule is COC(=O)c1ccc(-c2cc(C)c(-c3cc(C)c(B4OC(C)(C)C(C)(C)O4)cc3C)cc2C)cc1OCc1ccccc1. The Labute approximate surface area is 256 Å². The van der Waals surface area contributed by atoms with Gasteiger partial charge in [-0.1, -0.05) is 66.2 Å². The van der Waals surface area contributed by atoms with Crippen LogP contribution in [-0.2, 0) is 20.7 Å². The molecule has 1 saturated heterocycles. The molecule has 0 unspecified atom stereocenters. The minimum absolute atomic E-state index is 0.353. The van der Waals surface area contributed by atoms with Crippen LogP contribution >= 0.6 is 0 Å². The van der Waals surface area contributed by atoms with Crippen LogP contribution in [0.3, 0.4) is 0 Å². The van der Waals surface area contributed by atoms with Crippen molar-refractivity contribution in [1.82, 2.24) is 0 Å². The summed E-state index contributed by atoms with van der Waals surface area (Å²) in [6, 6.07) is 24.5. The number of rotatable bonds is 7. The van der Waals surface area contributed by atoms with Crippen LogP contribution in [0.1, 0.15) is 65.9 Å². The Morgan fingerprint density at radius 1 is 0.721 bits per heavy atom. The van der Waals surface area contributed by atoms with Gasteiger partial charge in [0.1, 0.15) is 17.9 Å². The number of ether oxygens (including phenoxy) is 2. The summed E-state index contributed by atoms with van der Waals surface area (Å²) in [5, 5.41) is 0. The van der Waals surface area contributed by atoms with E-state index < -0.39 is 13.1 Å². The van der Waals surface area contributed by atoms with Crippen molar-refractivity contribution in [2.45, 2.75) is 73.2 Å². The van der Waals surface area contributed by atoms with E-state index in [0.29, 0.717) is 17.9 Å². The van der Waals surface area contributed by atoms with Gasteiger partial charge in [0.15, 0.2) is 0 Å². The van der Waals surface area contributed by atoms with Crippen LogP contribution in [0.5, 0.6) is 5.75 Å². The highest BCUT2D eigenvalue weighted by molar-refractivity contribution is 6.62. The lowest BCUT2D eigenvalue weighted by molar-refractivity contribution is 0.00578. The van der Waals surface area contributed by atoms with Gasteiger partial charge < -0.3 is 18.8 Å². The lowest BCUT2D eigenvalue weighted by atomic mass is 9.74. The molecule has 1 fully saturated rings. The van der Waals surface area contributed by atoms with Crippen LogP contribution in [0, 0.1) is 27.7 Å². The Balaban J connectivity index is 1.48. The molecule has 43 heavy (non-hydrogen) atoms. The average molecular weight is 577 g/mol. The molecule has 222 valence electrons. The fraction of sp³-hybridized carbons (Fsp3) is 0.324. The number of esters is 1. The molecule has 0 spiro atoms. The predicted molar refractivity (Wildman–Crippen MR) is 174 cm³/mol. The van der Waals surface area contributed by atoms with Gasteiger partial charge in [0, 0.05) is 0 Å². The van der Waals surface area contributed by atoms with Crippen molar-refractivity contribution in [3.8, 4) is 28.0 Å². The zero-order valence-electron chi connectivity index (χ0n) is 26.8. The monoisotopic (exact) mass is 576 g/mol. The smallest absolute Gasteiger partial charge is 0.488 e. The zero-order valence-corrected chi connectivity index (χ0v) is 26.8. The van der Waals surface area contributed by atoms with Gasteiger partial charge >= 0.3 is 13.1 Å². The van der Waals surface area contributed by atoms with Crippen LogP contribution in [0.2, 0.25) is 0 Å². The molecule has 0 saturated carbocycles. The lowest BCUT2D eigenvalue weighted by Crippen LogP contribution is -2.41. The average Bonchev–Trinajstić information content (AvgIpc) is 3.19. The first-order valence-corrected chi connectivity index (χ1v) is 14.8. The van der Waals surface area contributed by atoms with Crippen molar-refractivity contribution in [3.05, 3.63) is 106 Å². The largest absolute Gasteiger partial charge is 0.495 e. The van der Waals surface area contributed by atoms with E-state index in [1.807, 2.05) is 42.5 Å². The maximum absolute atomic E-state index is 12.5. The first-order valence-electron chi connectivity index (χ1n) is 14.8. The molecule has 1 aliphatic rings. The Hall–Kier alpha value is -3.87. The molecule has 0 aliphatic carbocycles. The molecule has 0 radical (unpaired) electrons. The first kappa shape index (κ1) is 30.6. The van der Waals surface area contributed by atoms with E-state index in [1.165, 1.54) is 23.8 Å². The number of benzene rings is 4. The standard InChI is InChI=1S/C37H41BO5/c1-23-18-31(32-19-26(4)33(20-25(32)3)38-42-36(5,6)37(7,8)43-38)24(2)17-30(23)28-15-16-29(35(39)40-9)34(21-28)41-22-27-13-11-10-12-14-27/h10-21H,22H2,1-9H3. The third kappa shape index (κ3) is 6.00. The summed E-state index contributed by atoms with van der Waals surface area (Å²) in [5.41, 5.74) is 10.8. The molecule has 4 aromatic rings. The zero-order chi connectivity index (χ0) is 31.1. The summed E-state index contributed by atoms with van der Waals surface area (Å²) in [4.78, 5) is 12.5. The number of methoxy groups -OCH3 is 1. The van der Waals surface area contributed by atoms with E-state index >= 15 is 0 Å². The molecule has 5 rings (SSSR count). The number of carbonyl (C=O) groups is 1. The minimum atomic E-state index is -0.423. The van der Waals surface area contributed by atoms with E-state index in [2.05, 4.69) is 79.7 Å². The molecule has 6 heteroatoms. The van der Waals surface area contributed by atoms with E-state index in [1.54, 1.807) is 6.07 Å². The maximum atomic E-state index is 12.5. The second-order valence-electron chi connectivity index (χ2n) is 12.6. The Morgan fingerprint density at radius 3 is 1.91 bits per heavy atom. The molecule has 0 bridgehead atoms. The number of hydrogen-bond donors (Lipinski definition) is 0. The van der Waals surface area contributed by atoms with Gasteiger partial charge in [0.05, 0.1) is 18.3 Å². The fourth-order valence-electron chi connectivity index (χ4n) is 5.59. The highest BCUT2D eigenvalue weighted by atomic mass is 16.7. The van der Waals surface area contributed by atoms with Crippen LogP contribution < -0.4 is 10.2 Å². The third-order valence-corrected chi connectivity index (χ3v) is 8.92. The van der Waals surface area contributed by atoms with Crippen LogP contribution in [0.25, 0.3) is 22.3 Å². The third-order valence-electron chi connectivity index (χ3n) is 8.92. The topological polar surface area (TPSA) is 54.0 Å². The predicted octanol–water partition coefficient (Wildman–Crippen LogP) is 7.92. The van der Waals surface area contributed by atoms with E-state index in [9.17, 15) is 4.79 Å². The van der Waals surface area contributed by atoms with Crippen molar-refractivity contribution in [2.75, 3.05) is 7.11 Å². The van der Waals surface area contributed by atoms with E-state index in [0.717, 1.165) is 38.8 Å². The van der Waals surface area contributed by atoms with Crippen LogP contribution in [-0.4, -0.2) is 31.4 Å². The van der Waals surface area contributed by atoms with Gasteiger partial charge in [-0.15, -0.1) is 0 Å². The lowest BCUT2D eigenvalue weighted by Gasteiger charge is -2.32. The number of carbonyl (C=O) groups excluding carboxylic acids is 1. The summed E-state index contributed by atoms with van der Waals surface area (Å²) in [7, 11) is 0.990. The summed E-state index contributed by atoms with van der Waals surface area (Å²) in [6.45, 7) is 17.2. The maximum Gasteiger partial charge on any atom is 0.495 e. The van der Waals surface area contributed by atoms with Gasteiger partial charge in [-0.3, -0.25) is 0 Å². The summed E-state index contributed by atoms with van der Waals surface area (Å²) < 4.78 is 23.9. The van der Waals surface area contributed by atoms with Crippen molar-refractivity contribution < 1.29 is 23.6 Å². The second-order valence-corrected chi connectivity index (χ2v) is 12.6. The van der Waals surface area contributed by atoms with Crippen LogP contribution in [0.15, 0.2) is 72.8 Å². The highest BCUT2D eigenvalue weighted by Gasteiger charge is 2.52. The van der Waals surface area contributed by atoms with E-state index in [-0.39, 0.29) is 11.2 Å². The Kier molecular flexibility index (Phi) is 8.30. The summed E-state index contributed by atoms with van der Waals surface area (Å²) in [5.74, 6) is 0.0757. The quantitative estimate of drug-likeness (QED) is 0.165. The molecule has 4 aromatic carbocycles. The van der Waals surface area contributed by atoms with Gasteiger partial charge in [0.2, 0.25) is 0 Å². The molecule has 1 heterocycles. The Morgan fingerprint density at radius 2 is 1.28 bits per heavy atom. The molecule has 0 aromatic heterocycles. The molecule has 0 amide bonds. The van der Waals surface area contributed by atoms with Crippen molar-refractivity contribution in [3.63, 3.8) is 0 Å².